The number of rotatable bonds is 4. The van der Waals surface area contributed by atoms with Gasteiger partial charge in [-0.05, 0) is 12.0 Å². The van der Waals surface area contributed by atoms with Gasteiger partial charge in [0.25, 0.3) is 10.1 Å². The molecule has 2 rings (SSSR count). The van der Waals surface area contributed by atoms with Crippen LogP contribution in [0.15, 0.2) is 30.3 Å². The van der Waals surface area contributed by atoms with E-state index in [1.807, 2.05) is 30.3 Å². The van der Waals surface area contributed by atoms with Crippen molar-refractivity contribution in [3.05, 3.63) is 35.9 Å². The second kappa shape index (κ2) is 5.58. The molecule has 1 amide bonds. The molecule has 1 N–H and O–H groups in total. The zero-order chi connectivity index (χ0) is 13.9. The van der Waals surface area contributed by atoms with Crippen LogP contribution in [0.2, 0.25) is 0 Å². The van der Waals surface area contributed by atoms with E-state index < -0.39 is 28.0 Å². The summed E-state index contributed by atoms with van der Waals surface area (Å²) in [6.45, 7) is 0.600. The van der Waals surface area contributed by atoms with E-state index in [-0.39, 0.29) is 6.61 Å². The summed E-state index contributed by atoms with van der Waals surface area (Å²) in [6.07, 6.45) is 0.00370. The maximum Gasteiger partial charge on any atom is 0.410 e. The van der Waals surface area contributed by atoms with Crippen LogP contribution in [0.25, 0.3) is 0 Å². The van der Waals surface area contributed by atoms with Crippen molar-refractivity contribution in [3.8, 4) is 0 Å². The second-order valence-electron chi connectivity index (χ2n) is 4.42. The lowest BCUT2D eigenvalue weighted by Gasteiger charge is -2.39. The molecule has 0 spiro atoms. The Morgan fingerprint density at radius 1 is 1.37 bits per heavy atom. The number of carbonyl (C=O) groups excluding carboxylic acids is 1. The van der Waals surface area contributed by atoms with E-state index in [9.17, 15) is 13.2 Å². The van der Waals surface area contributed by atoms with Gasteiger partial charge in [-0.1, -0.05) is 30.3 Å². The van der Waals surface area contributed by atoms with E-state index in [1.54, 1.807) is 0 Å². The molecule has 19 heavy (non-hydrogen) atoms. The Hall–Kier alpha value is -1.60. The Labute approximate surface area is 111 Å². The standard InChI is InChI=1S/C12H15NO5S/c14-12(18-8-10-4-2-1-3-5-10)13-7-6-11(13)9-19(15,16)17/h1-5,11H,6-9H2,(H,15,16,17). The summed E-state index contributed by atoms with van der Waals surface area (Å²) in [4.78, 5) is 13.0. The summed E-state index contributed by atoms with van der Waals surface area (Å²) in [5, 5.41) is 0. The van der Waals surface area contributed by atoms with Crippen LogP contribution >= 0.6 is 0 Å². The monoisotopic (exact) mass is 285 g/mol. The Morgan fingerprint density at radius 3 is 2.58 bits per heavy atom. The maximum atomic E-state index is 11.7. The van der Waals surface area contributed by atoms with Crippen molar-refractivity contribution in [2.45, 2.75) is 19.1 Å². The fourth-order valence-corrected chi connectivity index (χ4v) is 2.73. The Morgan fingerprint density at radius 2 is 2.05 bits per heavy atom. The average Bonchev–Trinajstić information content (AvgIpc) is 2.33. The summed E-state index contributed by atoms with van der Waals surface area (Å²) in [5.41, 5.74) is 0.864. The van der Waals surface area contributed by atoms with Gasteiger partial charge in [0.2, 0.25) is 0 Å². The van der Waals surface area contributed by atoms with E-state index in [0.717, 1.165) is 5.56 Å². The fourth-order valence-electron chi connectivity index (χ4n) is 1.90. The predicted octanol–water partition coefficient (Wildman–Crippen LogP) is 1.29. The van der Waals surface area contributed by atoms with Gasteiger partial charge in [-0.15, -0.1) is 0 Å². The number of likely N-dealkylation sites (tertiary alicyclic amines) is 1. The first kappa shape index (κ1) is 13.8. The smallest absolute Gasteiger partial charge is 0.410 e. The van der Waals surface area contributed by atoms with Crippen LogP contribution < -0.4 is 0 Å². The number of amides is 1. The minimum atomic E-state index is -4.07. The first-order chi connectivity index (χ1) is 8.96. The zero-order valence-corrected chi connectivity index (χ0v) is 11.0. The third-order valence-electron chi connectivity index (χ3n) is 2.99. The third kappa shape index (κ3) is 3.93. The van der Waals surface area contributed by atoms with Crippen molar-refractivity contribution in [3.63, 3.8) is 0 Å². The van der Waals surface area contributed by atoms with Gasteiger partial charge in [-0.25, -0.2) is 4.79 Å². The molecular formula is C12H15NO5S. The van der Waals surface area contributed by atoms with Gasteiger partial charge in [0, 0.05) is 6.54 Å². The Kier molecular flexibility index (Phi) is 4.06. The van der Waals surface area contributed by atoms with E-state index >= 15 is 0 Å². The number of benzene rings is 1. The molecule has 1 aliphatic rings. The molecule has 7 heteroatoms. The van der Waals surface area contributed by atoms with Crippen LogP contribution in [0, 0.1) is 0 Å². The van der Waals surface area contributed by atoms with Crippen LogP contribution in [0.3, 0.4) is 0 Å². The van der Waals surface area contributed by atoms with Crippen LogP contribution in [-0.2, 0) is 21.5 Å². The highest BCUT2D eigenvalue weighted by Gasteiger charge is 2.36. The summed E-state index contributed by atoms with van der Waals surface area (Å²) >= 11 is 0. The summed E-state index contributed by atoms with van der Waals surface area (Å²) in [6, 6.07) is 8.72. The minimum absolute atomic E-state index is 0.148. The van der Waals surface area contributed by atoms with Gasteiger partial charge in [-0.2, -0.15) is 8.42 Å². The highest BCUT2D eigenvalue weighted by molar-refractivity contribution is 7.85. The SMILES string of the molecule is O=C(OCc1ccccc1)N1CCC1CS(=O)(=O)O. The quantitative estimate of drug-likeness (QED) is 0.843. The van der Waals surface area contributed by atoms with Crippen molar-refractivity contribution in [1.29, 1.82) is 0 Å². The van der Waals surface area contributed by atoms with Crippen LogP contribution in [-0.4, -0.2) is 42.3 Å². The lowest BCUT2D eigenvalue weighted by atomic mass is 10.1. The molecule has 0 saturated carbocycles. The van der Waals surface area contributed by atoms with Gasteiger partial charge in [0.1, 0.15) is 6.61 Å². The average molecular weight is 285 g/mol. The molecule has 1 saturated heterocycles. The van der Waals surface area contributed by atoms with Crippen molar-refractivity contribution in [2.24, 2.45) is 0 Å². The third-order valence-corrected chi connectivity index (χ3v) is 3.79. The van der Waals surface area contributed by atoms with Crippen LogP contribution in [0.5, 0.6) is 0 Å². The van der Waals surface area contributed by atoms with E-state index in [4.69, 9.17) is 9.29 Å². The number of nitrogens with zero attached hydrogens (tertiary/aromatic N) is 1. The van der Waals surface area contributed by atoms with Gasteiger partial charge < -0.3 is 9.64 Å². The molecule has 1 unspecified atom stereocenters. The fraction of sp³-hybridized carbons (Fsp3) is 0.417. The molecule has 6 nitrogen and oxygen atoms in total. The Balaban J connectivity index is 1.84. The molecule has 0 aliphatic carbocycles. The van der Waals surface area contributed by atoms with Crippen molar-refractivity contribution < 1.29 is 22.5 Å². The molecule has 1 aliphatic heterocycles. The van der Waals surface area contributed by atoms with Crippen molar-refractivity contribution in [1.82, 2.24) is 4.90 Å². The Bertz CT molecular complexity index is 542. The molecule has 1 aromatic rings. The summed E-state index contributed by atoms with van der Waals surface area (Å²) in [7, 11) is -4.07. The van der Waals surface area contributed by atoms with Crippen molar-refractivity contribution >= 4 is 16.2 Å². The van der Waals surface area contributed by atoms with Crippen LogP contribution in [0.1, 0.15) is 12.0 Å². The van der Waals surface area contributed by atoms with Crippen LogP contribution in [0.4, 0.5) is 4.79 Å². The molecule has 1 fully saturated rings. The minimum Gasteiger partial charge on any atom is -0.445 e. The predicted molar refractivity (Wildman–Crippen MR) is 68.2 cm³/mol. The number of hydrogen-bond acceptors (Lipinski definition) is 4. The first-order valence-corrected chi connectivity index (χ1v) is 7.49. The van der Waals surface area contributed by atoms with Gasteiger partial charge in [0.15, 0.2) is 0 Å². The van der Waals surface area contributed by atoms with Gasteiger partial charge in [-0.3, -0.25) is 4.55 Å². The first-order valence-electron chi connectivity index (χ1n) is 5.88. The molecule has 104 valence electrons. The molecule has 0 aromatic heterocycles. The molecule has 0 bridgehead atoms. The molecule has 1 heterocycles. The summed E-state index contributed by atoms with van der Waals surface area (Å²) < 4.78 is 35.4. The lowest BCUT2D eigenvalue weighted by molar-refractivity contribution is 0.0502. The lowest BCUT2D eigenvalue weighted by Crippen LogP contribution is -2.54. The van der Waals surface area contributed by atoms with Gasteiger partial charge >= 0.3 is 6.09 Å². The van der Waals surface area contributed by atoms with E-state index in [1.165, 1.54) is 4.90 Å². The van der Waals surface area contributed by atoms with Gasteiger partial charge in [0.05, 0.1) is 11.8 Å². The van der Waals surface area contributed by atoms with E-state index in [0.29, 0.717) is 13.0 Å². The molecule has 0 radical (unpaired) electrons. The summed E-state index contributed by atoms with van der Waals surface area (Å²) in [5.74, 6) is -0.437. The largest absolute Gasteiger partial charge is 0.445 e. The second-order valence-corrected chi connectivity index (χ2v) is 5.92. The topological polar surface area (TPSA) is 83.9 Å². The maximum absolute atomic E-state index is 11.7. The highest BCUT2D eigenvalue weighted by Crippen LogP contribution is 2.20. The molecule has 1 atom stereocenters. The molecular weight excluding hydrogens is 270 g/mol. The van der Waals surface area contributed by atoms with Crippen molar-refractivity contribution in [2.75, 3.05) is 12.3 Å². The number of ether oxygens (including phenoxy) is 1. The zero-order valence-electron chi connectivity index (χ0n) is 10.2. The number of carbonyl (C=O) groups is 1. The number of hydrogen-bond donors (Lipinski definition) is 1. The normalized spacial score (nSPS) is 18.8. The highest BCUT2D eigenvalue weighted by atomic mass is 32.2. The van der Waals surface area contributed by atoms with E-state index in [2.05, 4.69) is 0 Å². The molecule has 1 aromatic carbocycles.